The molecule has 186 valence electrons. The minimum atomic E-state index is -0.565. The summed E-state index contributed by atoms with van der Waals surface area (Å²) in [5.41, 5.74) is 2.90. The summed E-state index contributed by atoms with van der Waals surface area (Å²) in [6, 6.07) is 30.4. The average molecular weight is 477 g/mol. The van der Waals surface area contributed by atoms with Crippen molar-refractivity contribution in [2.24, 2.45) is 0 Å². The van der Waals surface area contributed by atoms with Crippen LogP contribution in [0.2, 0.25) is 0 Å². The van der Waals surface area contributed by atoms with E-state index in [1.54, 1.807) is 0 Å². The van der Waals surface area contributed by atoms with Crippen LogP contribution in [0.25, 0.3) is 0 Å². The third-order valence-corrected chi connectivity index (χ3v) is 5.70. The van der Waals surface area contributed by atoms with Gasteiger partial charge in [-0.15, -0.1) is 0 Å². The van der Waals surface area contributed by atoms with Gasteiger partial charge in [-0.05, 0) is 37.5 Å². The Hall–Kier alpha value is -2.54. The maximum Gasteiger partial charge on any atom is 0.187 e. The molecule has 0 unspecified atom stereocenters. The fraction of sp³-hybridized carbons (Fsp3) is 0.400. The lowest BCUT2D eigenvalue weighted by molar-refractivity contribution is -0.225. The standard InChI is InChI=1S/C30H36O5/c1-30(2,3)35-29-28(33-21-25-17-11-6-12-18-25)27(32-20-24-15-9-5-10-16-24)26(34-29)22-31-19-23-13-7-4-8-14-23/h4-18,26-29H,19-22H2,1-3H3/t26-,27-,28+,29-/m1/s1. The zero-order chi connectivity index (χ0) is 24.5. The van der Waals surface area contributed by atoms with Crippen molar-refractivity contribution >= 4 is 0 Å². The van der Waals surface area contributed by atoms with E-state index in [2.05, 4.69) is 36.4 Å². The Labute approximate surface area is 208 Å². The van der Waals surface area contributed by atoms with Crippen molar-refractivity contribution in [3.63, 3.8) is 0 Å². The van der Waals surface area contributed by atoms with Crippen LogP contribution in [0.1, 0.15) is 37.5 Å². The fourth-order valence-corrected chi connectivity index (χ4v) is 4.05. The molecule has 4 rings (SSSR count). The Morgan fingerprint density at radius 3 is 1.57 bits per heavy atom. The molecular formula is C30H36O5. The van der Waals surface area contributed by atoms with Crippen molar-refractivity contribution in [2.45, 2.75) is 70.8 Å². The molecule has 0 bridgehead atoms. The van der Waals surface area contributed by atoms with Crippen molar-refractivity contribution in [2.75, 3.05) is 6.61 Å². The summed E-state index contributed by atoms with van der Waals surface area (Å²) in [5, 5.41) is 0. The van der Waals surface area contributed by atoms with Gasteiger partial charge in [0.15, 0.2) is 6.29 Å². The first-order valence-electron chi connectivity index (χ1n) is 12.2. The van der Waals surface area contributed by atoms with Gasteiger partial charge in [0.25, 0.3) is 0 Å². The molecule has 4 atom stereocenters. The molecule has 0 amide bonds. The molecule has 0 aromatic heterocycles. The van der Waals surface area contributed by atoms with Gasteiger partial charge in [-0.3, -0.25) is 0 Å². The van der Waals surface area contributed by atoms with Gasteiger partial charge in [0.05, 0.1) is 32.0 Å². The van der Waals surface area contributed by atoms with Crippen LogP contribution in [0, 0.1) is 0 Å². The second-order valence-electron chi connectivity index (χ2n) is 9.80. The quantitative estimate of drug-likeness (QED) is 0.344. The van der Waals surface area contributed by atoms with E-state index < -0.39 is 18.0 Å². The minimum Gasteiger partial charge on any atom is -0.374 e. The molecule has 0 N–H and O–H groups in total. The minimum absolute atomic E-state index is 0.324. The van der Waals surface area contributed by atoms with Gasteiger partial charge in [-0.2, -0.15) is 0 Å². The van der Waals surface area contributed by atoms with Gasteiger partial charge in [0, 0.05) is 0 Å². The zero-order valence-corrected chi connectivity index (χ0v) is 20.8. The molecule has 0 radical (unpaired) electrons. The molecule has 0 aliphatic carbocycles. The summed E-state index contributed by atoms with van der Waals surface area (Å²) in [5.74, 6) is 0. The number of benzene rings is 3. The number of ether oxygens (including phenoxy) is 5. The van der Waals surface area contributed by atoms with Crippen LogP contribution in [0.15, 0.2) is 91.0 Å². The van der Waals surface area contributed by atoms with Gasteiger partial charge >= 0.3 is 0 Å². The second-order valence-corrected chi connectivity index (χ2v) is 9.80. The Morgan fingerprint density at radius 2 is 1.09 bits per heavy atom. The van der Waals surface area contributed by atoms with E-state index in [4.69, 9.17) is 23.7 Å². The van der Waals surface area contributed by atoms with E-state index in [1.165, 1.54) is 0 Å². The van der Waals surface area contributed by atoms with Crippen LogP contribution in [0.5, 0.6) is 0 Å². The molecule has 1 saturated heterocycles. The Balaban J connectivity index is 1.49. The zero-order valence-electron chi connectivity index (χ0n) is 20.8. The lowest BCUT2D eigenvalue weighted by atomic mass is 10.1. The van der Waals surface area contributed by atoms with Crippen LogP contribution in [-0.4, -0.2) is 36.8 Å². The molecule has 0 spiro atoms. The highest BCUT2D eigenvalue weighted by molar-refractivity contribution is 5.15. The first-order valence-corrected chi connectivity index (χ1v) is 12.2. The maximum atomic E-state index is 6.44. The van der Waals surface area contributed by atoms with Crippen molar-refractivity contribution in [3.05, 3.63) is 108 Å². The lowest BCUT2D eigenvalue weighted by Crippen LogP contribution is -2.41. The monoisotopic (exact) mass is 476 g/mol. The molecule has 3 aromatic carbocycles. The highest BCUT2D eigenvalue weighted by Gasteiger charge is 2.48. The summed E-state index contributed by atoms with van der Waals surface area (Å²) in [6.45, 7) is 7.84. The van der Waals surface area contributed by atoms with Gasteiger partial charge < -0.3 is 23.7 Å². The maximum absolute atomic E-state index is 6.44. The van der Waals surface area contributed by atoms with Crippen LogP contribution in [-0.2, 0) is 43.5 Å². The largest absolute Gasteiger partial charge is 0.374 e. The van der Waals surface area contributed by atoms with Crippen LogP contribution in [0.4, 0.5) is 0 Å². The lowest BCUT2D eigenvalue weighted by Gasteiger charge is -2.29. The number of hydrogen-bond acceptors (Lipinski definition) is 5. The van der Waals surface area contributed by atoms with Gasteiger partial charge in [0.2, 0.25) is 0 Å². The van der Waals surface area contributed by atoms with Crippen LogP contribution in [0.3, 0.4) is 0 Å². The van der Waals surface area contributed by atoms with Crippen LogP contribution < -0.4 is 0 Å². The molecule has 1 aliphatic heterocycles. The van der Waals surface area contributed by atoms with E-state index in [0.29, 0.717) is 26.4 Å². The molecule has 1 heterocycles. The third kappa shape index (κ3) is 7.99. The van der Waals surface area contributed by atoms with E-state index in [9.17, 15) is 0 Å². The van der Waals surface area contributed by atoms with Crippen molar-refractivity contribution in [3.8, 4) is 0 Å². The van der Waals surface area contributed by atoms with Gasteiger partial charge in [-0.1, -0.05) is 91.0 Å². The summed E-state index contributed by atoms with van der Waals surface area (Å²) < 4.78 is 31.6. The predicted octanol–water partition coefficient (Wildman–Crippen LogP) is 5.91. The highest BCUT2D eigenvalue weighted by atomic mass is 16.7. The number of hydrogen-bond donors (Lipinski definition) is 0. The highest BCUT2D eigenvalue weighted by Crippen LogP contribution is 2.32. The Bertz CT molecular complexity index is 988. The normalized spacial score (nSPS) is 22.4. The van der Waals surface area contributed by atoms with Crippen molar-refractivity contribution in [1.82, 2.24) is 0 Å². The van der Waals surface area contributed by atoms with E-state index >= 15 is 0 Å². The molecular weight excluding hydrogens is 440 g/mol. The average Bonchev–Trinajstić information content (AvgIpc) is 3.17. The summed E-state index contributed by atoms with van der Waals surface area (Å²) in [6.07, 6.45) is -1.63. The molecule has 3 aromatic rings. The van der Waals surface area contributed by atoms with E-state index in [1.807, 2.05) is 75.4 Å². The van der Waals surface area contributed by atoms with Crippen molar-refractivity contribution < 1.29 is 23.7 Å². The number of rotatable bonds is 11. The Kier molecular flexibility index (Phi) is 9.07. The van der Waals surface area contributed by atoms with E-state index in [-0.39, 0.29) is 12.2 Å². The van der Waals surface area contributed by atoms with Gasteiger partial charge in [-0.25, -0.2) is 0 Å². The molecule has 35 heavy (non-hydrogen) atoms. The smallest absolute Gasteiger partial charge is 0.187 e. The third-order valence-electron chi connectivity index (χ3n) is 5.70. The molecule has 1 fully saturated rings. The summed E-state index contributed by atoms with van der Waals surface area (Å²) in [4.78, 5) is 0. The SMILES string of the molecule is CC(C)(C)O[C@H]1O[C@H](COCc2ccccc2)[C@@H](OCc2ccccc2)[C@@H]1OCc1ccccc1. The molecule has 0 saturated carbocycles. The van der Waals surface area contributed by atoms with E-state index in [0.717, 1.165) is 16.7 Å². The molecule has 1 aliphatic rings. The first-order chi connectivity index (χ1) is 17.0. The summed E-state index contributed by atoms with van der Waals surface area (Å²) >= 11 is 0. The first kappa shape index (κ1) is 25.5. The second kappa shape index (κ2) is 12.4. The van der Waals surface area contributed by atoms with Crippen molar-refractivity contribution in [1.29, 1.82) is 0 Å². The Morgan fingerprint density at radius 1 is 0.629 bits per heavy atom. The molecule has 5 heteroatoms. The van der Waals surface area contributed by atoms with Gasteiger partial charge in [0.1, 0.15) is 18.3 Å². The van der Waals surface area contributed by atoms with Crippen LogP contribution >= 0.6 is 0 Å². The fourth-order valence-electron chi connectivity index (χ4n) is 4.05. The summed E-state index contributed by atoms with van der Waals surface area (Å²) in [7, 11) is 0. The molecule has 5 nitrogen and oxygen atoms in total. The topological polar surface area (TPSA) is 46.2 Å². The predicted molar refractivity (Wildman–Crippen MR) is 136 cm³/mol.